The van der Waals surface area contributed by atoms with Gasteiger partial charge in [0, 0.05) is 18.2 Å². The number of carbonyl (C=O) groups excluding carboxylic acids is 1. The molecule has 0 spiro atoms. The van der Waals surface area contributed by atoms with E-state index in [4.69, 9.17) is 0 Å². The minimum Gasteiger partial charge on any atom is -0.393 e. The molecule has 1 aromatic heterocycles. The number of nitrogens with one attached hydrogen (secondary N) is 1. The Balaban J connectivity index is 1.83. The molecular formula is C14H20F3N3O2. The van der Waals surface area contributed by atoms with E-state index in [0.717, 1.165) is 25.3 Å². The number of aliphatic hydroxyl groups is 1. The second kappa shape index (κ2) is 6.68. The van der Waals surface area contributed by atoms with Crippen molar-refractivity contribution >= 4 is 5.91 Å². The highest BCUT2D eigenvalue weighted by Crippen LogP contribution is 2.28. The van der Waals surface area contributed by atoms with Gasteiger partial charge in [0.2, 0.25) is 5.91 Å². The lowest BCUT2D eigenvalue weighted by Gasteiger charge is -2.24. The molecule has 0 radical (unpaired) electrons. The number of alkyl halides is 3. The molecule has 1 aromatic rings. The number of hydrogen-bond donors (Lipinski definition) is 2. The highest BCUT2D eigenvalue weighted by molar-refractivity contribution is 5.78. The van der Waals surface area contributed by atoms with Crippen molar-refractivity contribution in [1.82, 2.24) is 15.1 Å². The van der Waals surface area contributed by atoms with Gasteiger partial charge in [0.15, 0.2) is 5.69 Å². The van der Waals surface area contributed by atoms with E-state index in [9.17, 15) is 23.1 Å². The van der Waals surface area contributed by atoms with Crippen molar-refractivity contribution in [3.05, 3.63) is 17.5 Å². The predicted molar refractivity (Wildman–Crippen MR) is 72.9 cm³/mol. The van der Waals surface area contributed by atoms with Crippen molar-refractivity contribution in [2.45, 2.75) is 51.4 Å². The highest BCUT2D eigenvalue weighted by Gasteiger charge is 2.34. The van der Waals surface area contributed by atoms with Crippen LogP contribution >= 0.6 is 0 Å². The van der Waals surface area contributed by atoms with Crippen LogP contribution in [0.1, 0.15) is 37.1 Å². The van der Waals surface area contributed by atoms with Crippen molar-refractivity contribution in [3.63, 3.8) is 0 Å². The number of amides is 1. The lowest BCUT2D eigenvalue weighted by atomic mass is 9.87. The van der Waals surface area contributed by atoms with E-state index in [1.807, 2.05) is 0 Å². The van der Waals surface area contributed by atoms with Gasteiger partial charge in [0.1, 0.15) is 0 Å². The first-order valence-corrected chi connectivity index (χ1v) is 7.35. The number of aromatic nitrogens is 2. The van der Waals surface area contributed by atoms with E-state index in [2.05, 4.69) is 10.4 Å². The second-order valence-corrected chi connectivity index (χ2v) is 5.70. The van der Waals surface area contributed by atoms with Crippen molar-refractivity contribution in [1.29, 1.82) is 0 Å². The number of carbonyl (C=O) groups is 1. The molecule has 1 amide bonds. The standard InChI is InChI=1S/C14H20F3N3O2/c1-9-7-12(14(15,16)17)19-20(9)6-5-18-13(22)10-3-2-4-11(21)8-10/h7,10-11,21H,2-6,8H2,1H3,(H,18,22)/t10-,11-/m0/s1. The fourth-order valence-corrected chi connectivity index (χ4v) is 2.71. The van der Waals surface area contributed by atoms with Crippen LogP contribution in [-0.4, -0.2) is 33.4 Å². The molecule has 1 aliphatic carbocycles. The largest absolute Gasteiger partial charge is 0.435 e. The Labute approximate surface area is 126 Å². The number of aryl methyl sites for hydroxylation is 1. The van der Waals surface area contributed by atoms with Gasteiger partial charge in [0.05, 0.1) is 12.6 Å². The summed E-state index contributed by atoms with van der Waals surface area (Å²) in [7, 11) is 0. The third-order valence-corrected chi connectivity index (χ3v) is 3.91. The minimum atomic E-state index is -4.46. The second-order valence-electron chi connectivity index (χ2n) is 5.70. The molecule has 2 rings (SSSR count). The number of nitrogens with zero attached hydrogens (tertiary/aromatic N) is 2. The van der Waals surface area contributed by atoms with E-state index >= 15 is 0 Å². The number of rotatable bonds is 4. The van der Waals surface area contributed by atoms with Crippen molar-refractivity contribution in [3.8, 4) is 0 Å². The minimum absolute atomic E-state index is 0.153. The zero-order valence-electron chi connectivity index (χ0n) is 12.4. The lowest BCUT2D eigenvalue weighted by molar-refractivity contribution is -0.141. The Morgan fingerprint density at radius 1 is 1.50 bits per heavy atom. The van der Waals surface area contributed by atoms with Gasteiger partial charge >= 0.3 is 6.18 Å². The molecule has 0 unspecified atom stereocenters. The third kappa shape index (κ3) is 4.22. The maximum atomic E-state index is 12.5. The number of halogens is 3. The van der Waals surface area contributed by atoms with Crippen LogP contribution in [0.3, 0.4) is 0 Å². The Bertz CT molecular complexity index is 528. The first-order chi connectivity index (χ1) is 10.3. The Morgan fingerprint density at radius 2 is 2.23 bits per heavy atom. The van der Waals surface area contributed by atoms with Crippen molar-refractivity contribution < 1.29 is 23.1 Å². The molecule has 0 aromatic carbocycles. The monoisotopic (exact) mass is 319 g/mol. The summed E-state index contributed by atoms with van der Waals surface area (Å²) in [4.78, 5) is 12.0. The molecular weight excluding hydrogens is 299 g/mol. The smallest absolute Gasteiger partial charge is 0.393 e. The summed E-state index contributed by atoms with van der Waals surface area (Å²) < 4.78 is 38.9. The van der Waals surface area contributed by atoms with Crippen LogP contribution in [0.25, 0.3) is 0 Å². The van der Waals surface area contributed by atoms with Gasteiger partial charge in [-0.15, -0.1) is 0 Å². The van der Waals surface area contributed by atoms with E-state index in [0.29, 0.717) is 12.1 Å². The first kappa shape index (κ1) is 16.8. The molecule has 1 saturated carbocycles. The van der Waals surface area contributed by atoms with Gasteiger partial charge in [-0.25, -0.2) is 0 Å². The maximum Gasteiger partial charge on any atom is 0.435 e. The normalized spacial score (nSPS) is 22.6. The molecule has 124 valence electrons. The van der Waals surface area contributed by atoms with Crippen LogP contribution in [0.5, 0.6) is 0 Å². The quantitative estimate of drug-likeness (QED) is 0.890. The van der Waals surface area contributed by atoms with Gasteiger partial charge in [-0.3, -0.25) is 9.48 Å². The maximum absolute atomic E-state index is 12.5. The molecule has 1 aliphatic rings. The van der Waals surface area contributed by atoms with Gasteiger partial charge < -0.3 is 10.4 Å². The number of aliphatic hydroxyl groups excluding tert-OH is 1. The van der Waals surface area contributed by atoms with Crippen LogP contribution < -0.4 is 5.32 Å². The molecule has 5 nitrogen and oxygen atoms in total. The van der Waals surface area contributed by atoms with Gasteiger partial charge in [-0.2, -0.15) is 18.3 Å². The molecule has 22 heavy (non-hydrogen) atoms. The van der Waals surface area contributed by atoms with Crippen molar-refractivity contribution in [2.24, 2.45) is 5.92 Å². The summed E-state index contributed by atoms with van der Waals surface area (Å²) in [5.74, 6) is -0.368. The average molecular weight is 319 g/mol. The lowest BCUT2D eigenvalue weighted by Crippen LogP contribution is -2.36. The Morgan fingerprint density at radius 3 is 2.82 bits per heavy atom. The van der Waals surface area contributed by atoms with E-state index in [1.54, 1.807) is 6.92 Å². The van der Waals surface area contributed by atoms with Crippen LogP contribution in [0.2, 0.25) is 0 Å². The summed E-state index contributed by atoms with van der Waals surface area (Å²) in [5.41, 5.74) is -0.526. The third-order valence-electron chi connectivity index (χ3n) is 3.91. The number of hydrogen-bond acceptors (Lipinski definition) is 3. The summed E-state index contributed by atoms with van der Waals surface area (Å²) in [6.45, 7) is 1.94. The van der Waals surface area contributed by atoms with E-state index in [-0.39, 0.29) is 24.9 Å². The first-order valence-electron chi connectivity index (χ1n) is 7.35. The van der Waals surface area contributed by atoms with Crippen LogP contribution in [-0.2, 0) is 17.5 Å². The zero-order chi connectivity index (χ0) is 16.3. The highest BCUT2D eigenvalue weighted by atomic mass is 19.4. The zero-order valence-corrected chi connectivity index (χ0v) is 12.4. The molecule has 0 aliphatic heterocycles. The molecule has 0 bridgehead atoms. The SMILES string of the molecule is Cc1cc(C(F)(F)F)nn1CCNC(=O)[C@H]1CCC[C@H](O)C1. The van der Waals surface area contributed by atoms with E-state index in [1.165, 1.54) is 4.68 Å². The van der Waals surface area contributed by atoms with Gasteiger partial charge in [0.25, 0.3) is 0 Å². The fourth-order valence-electron chi connectivity index (χ4n) is 2.71. The molecule has 8 heteroatoms. The molecule has 1 fully saturated rings. The van der Waals surface area contributed by atoms with Gasteiger partial charge in [-0.1, -0.05) is 6.42 Å². The molecule has 0 saturated heterocycles. The predicted octanol–water partition coefficient (Wildman–Crippen LogP) is 1.88. The van der Waals surface area contributed by atoms with Crippen molar-refractivity contribution in [2.75, 3.05) is 6.54 Å². The topological polar surface area (TPSA) is 67.2 Å². The molecule has 1 heterocycles. The fraction of sp³-hybridized carbons (Fsp3) is 0.714. The summed E-state index contributed by atoms with van der Waals surface area (Å²) >= 11 is 0. The molecule has 2 atom stereocenters. The van der Waals surface area contributed by atoms with E-state index < -0.39 is 18.0 Å². The summed E-state index contributed by atoms with van der Waals surface area (Å²) in [6, 6.07) is 0.985. The Kier molecular flexibility index (Phi) is 5.10. The average Bonchev–Trinajstić information content (AvgIpc) is 2.80. The summed E-state index contributed by atoms with van der Waals surface area (Å²) in [6.07, 6.45) is -2.18. The van der Waals surface area contributed by atoms with Gasteiger partial charge in [-0.05, 0) is 32.3 Å². The van der Waals surface area contributed by atoms with Crippen LogP contribution in [0, 0.1) is 12.8 Å². The molecule has 2 N–H and O–H groups in total. The van der Waals surface area contributed by atoms with Crippen LogP contribution in [0.4, 0.5) is 13.2 Å². The summed E-state index contributed by atoms with van der Waals surface area (Å²) in [5, 5.41) is 15.8. The Hall–Kier alpha value is -1.57. The van der Waals surface area contributed by atoms with Crippen LogP contribution in [0.15, 0.2) is 6.07 Å².